The summed E-state index contributed by atoms with van der Waals surface area (Å²) in [5.41, 5.74) is 6.46. The van der Waals surface area contributed by atoms with Crippen molar-refractivity contribution in [2.45, 2.75) is 43.2 Å². The predicted octanol–water partition coefficient (Wildman–Crippen LogP) is 2.36. The number of likely N-dealkylation sites (tertiary alicyclic amines) is 1. The number of hydrogen-bond acceptors (Lipinski definition) is 3. The minimum atomic E-state index is -0.928. The van der Waals surface area contributed by atoms with Crippen molar-refractivity contribution in [1.29, 1.82) is 0 Å². The van der Waals surface area contributed by atoms with E-state index >= 15 is 0 Å². The zero-order valence-electron chi connectivity index (χ0n) is 14.7. The van der Waals surface area contributed by atoms with Crippen LogP contribution in [-0.4, -0.2) is 27.9 Å². The molecule has 3 amide bonds. The number of carbonyl (C=O) groups excluding carboxylic acids is 2. The van der Waals surface area contributed by atoms with Crippen LogP contribution in [0.2, 0.25) is 0 Å². The summed E-state index contributed by atoms with van der Waals surface area (Å²) >= 11 is 0. The van der Waals surface area contributed by atoms with Crippen molar-refractivity contribution < 1.29 is 9.59 Å². The maximum Gasteiger partial charge on any atom is 0.315 e. The van der Waals surface area contributed by atoms with Crippen LogP contribution < -0.4 is 17.0 Å². The summed E-state index contributed by atoms with van der Waals surface area (Å²) in [5.74, 6) is 4.37. The summed E-state index contributed by atoms with van der Waals surface area (Å²) in [6, 6.07) is -0.602. The molecule has 1 aliphatic rings. The summed E-state index contributed by atoms with van der Waals surface area (Å²) < 4.78 is 0. The van der Waals surface area contributed by atoms with Crippen molar-refractivity contribution in [3.63, 3.8) is 0 Å². The third-order valence-corrected chi connectivity index (χ3v) is 4.92. The van der Waals surface area contributed by atoms with Gasteiger partial charge in [0.1, 0.15) is 0 Å². The number of nitrogens with one attached hydrogen (secondary N) is 1. The zero-order chi connectivity index (χ0) is 19.1. The Morgan fingerprint density at radius 2 is 1.56 bits per heavy atom. The van der Waals surface area contributed by atoms with Crippen LogP contribution in [0.5, 0.6) is 0 Å². The van der Waals surface area contributed by atoms with Gasteiger partial charge in [0.25, 0.3) is 0 Å². The van der Waals surface area contributed by atoms with E-state index in [4.69, 9.17) is 11.6 Å². The maximum atomic E-state index is 12.6. The Bertz CT molecular complexity index is 536. The van der Waals surface area contributed by atoms with Crippen molar-refractivity contribution in [3.05, 3.63) is 57.0 Å². The van der Waals surface area contributed by atoms with Crippen molar-refractivity contribution >= 4 is 11.9 Å². The third-order valence-electron chi connectivity index (χ3n) is 4.92. The van der Waals surface area contributed by atoms with E-state index in [0.29, 0.717) is 32.1 Å². The van der Waals surface area contributed by atoms with Crippen LogP contribution in [0.25, 0.3) is 0 Å². The molecule has 1 saturated heterocycles. The van der Waals surface area contributed by atoms with Crippen LogP contribution >= 0.6 is 0 Å². The molecule has 1 aliphatic heterocycles. The number of nitrogens with zero attached hydrogens (tertiary/aromatic N) is 1. The van der Waals surface area contributed by atoms with E-state index in [2.05, 4.69) is 31.7 Å². The van der Waals surface area contributed by atoms with Crippen LogP contribution in [0.4, 0.5) is 4.79 Å². The van der Waals surface area contributed by atoms with E-state index in [0.717, 1.165) is 0 Å². The van der Waals surface area contributed by atoms with Gasteiger partial charge in [0, 0.05) is 0 Å². The van der Waals surface area contributed by atoms with Crippen molar-refractivity contribution in [2.75, 3.05) is 0 Å². The molecule has 1 atom stereocenters. The van der Waals surface area contributed by atoms with Gasteiger partial charge < -0.3 is 10.6 Å². The number of nitrogens with two attached hydrogens (primary N) is 2. The fourth-order valence-corrected chi connectivity index (χ4v) is 4.14. The monoisotopic (exact) mass is 345 g/mol. The van der Waals surface area contributed by atoms with Gasteiger partial charge in [-0.25, -0.2) is 10.6 Å². The van der Waals surface area contributed by atoms with E-state index in [9.17, 15) is 9.59 Å². The van der Waals surface area contributed by atoms with Crippen molar-refractivity contribution in [2.24, 2.45) is 17.5 Å². The minimum absolute atomic E-state index is 0.368. The lowest BCUT2D eigenvalue weighted by atomic mass is 9.64. The molecule has 0 aromatic heterocycles. The molecule has 6 heteroatoms. The highest BCUT2D eigenvalue weighted by atomic mass is 16.2. The molecule has 0 bridgehead atoms. The number of rotatable bonds is 9. The Labute approximate surface area is 150 Å². The molecule has 1 heterocycles. The summed E-state index contributed by atoms with van der Waals surface area (Å²) in [6.45, 7) is 15.2. The smallest absolute Gasteiger partial charge is 0.315 e. The van der Waals surface area contributed by atoms with Gasteiger partial charge in [-0.2, -0.15) is 0 Å². The first-order chi connectivity index (χ1) is 11.9. The Morgan fingerprint density at radius 3 is 1.92 bits per heavy atom. The second kappa shape index (κ2) is 8.67. The highest BCUT2D eigenvalue weighted by molar-refractivity contribution is 5.84. The number of primary amides is 1. The van der Waals surface area contributed by atoms with Crippen LogP contribution in [0.3, 0.4) is 0 Å². The number of amides is 3. The Hall–Kier alpha value is -2.34. The molecular formula is C19H29N4O2. The van der Waals surface area contributed by atoms with Gasteiger partial charge in [0.15, 0.2) is 0 Å². The standard InChI is InChI=1S/C19H29N4O2/c1-5-10-18(11-6-2)14-9-15(16(24)22-21)19(12-7-3,13-8-4)23(18)17(20)25/h5-9,15H,1-4,10-14,21H2,(H2,20,25)(H,22,24). The lowest BCUT2D eigenvalue weighted by molar-refractivity contribution is -0.133. The van der Waals surface area contributed by atoms with Crippen molar-refractivity contribution in [3.8, 4) is 0 Å². The van der Waals surface area contributed by atoms with Crippen molar-refractivity contribution in [1.82, 2.24) is 10.3 Å². The normalized spacial score (nSPS) is 21.0. The topological polar surface area (TPSA) is 101 Å². The van der Waals surface area contributed by atoms with Gasteiger partial charge in [-0.05, 0) is 38.5 Å². The molecule has 1 rings (SSSR count). The highest BCUT2D eigenvalue weighted by Gasteiger charge is 2.57. The van der Waals surface area contributed by atoms with E-state index in [1.165, 1.54) is 0 Å². The number of hydrazine groups is 1. The molecule has 1 radical (unpaired) electrons. The quantitative estimate of drug-likeness (QED) is 0.259. The van der Waals surface area contributed by atoms with Crippen LogP contribution in [0, 0.1) is 12.3 Å². The average Bonchev–Trinajstić information content (AvgIpc) is 2.55. The van der Waals surface area contributed by atoms with E-state index in [-0.39, 0.29) is 5.91 Å². The molecule has 6 nitrogen and oxygen atoms in total. The molecule has 1 fully saturated rings. The Morgan fingerprint density at radius 1 is 1.08 bits per heavy atom. The molecular weight excluding hydrogens is 316 g/mol. The number of urea groups is 1. The molecule has 137 valence electrons. The lowest BCUT2D eigenvalue weighted by Gasteiger charge is -2.59. The second-order valence-corrected chi connectivity index (χ2v) is 6.40. The molecule has 0 aromatic carbocycles. The molecule has 0 aliphatic carbocycles. The SMILES string of the molecule is C=CCC1(CC=C)C[CH]C(C(=O)NN)C(CC=C)(CC=C)N1C(N)=O. The largest absolute Gasteiger partial charge is 0.351 e. The van der Waals surface area contributed by atoms with Gasteiger partial charge in [-0.15, -0.1) is 26.3 Å². The first-order valence-corrected chi connectivity index (χ1v) is 8.26. The summed E-state index contributed by atoms with van der Waals surface area (Å²) in [4.78, 5) is 26.7. The fourth-order valence-electron chi connectivity index (χ4n) is 4.14. The van der Waals surface area contributed by atoms with Gasteiger partial charge in [0.2, 0.25) is 5.91 Å². The number of hydrogen-bond donors (Lipinski definition) is 3. The maximum absolute atomic E-state index is 12.6. The van der Waals surface area contributed by atoms with Crippen LogP contribution in [-0.2, 0) is 4.79 Å². The van der Waals surface area contributed by atoms with Crippen LogP contribution in [0.15, 0.2) is 50.6 Å². The van der Waals surface area contributed by atoms with Gasteiger partial charge in [0.05, 0.1) is 17.0 Å². The molecule has 25 heavy (non-hydrogen) atoms. The minimum Gasteiger partial charge on any atom is -0.351 e. The Kier molecular flexibility index (Phi) is 7.18. The zero-order valence-corrected chi connectivity index (χ0v) is 14.7. The molecule has 5 N–H and O–H groups in total. The first kappa shape index (κ1) is 20.7. The highest BCUT2D eigenvalue weighted by Crippen LogP contribution is 2.49. The molecule has 0 spiro atoms. The second-order valence-electron chi connectivity index (χ2n) is 6.40. The molecule has 1 unspecified atom stereocenters. The van der Waals surface area contributed by atoms with E-state index < -0.39 is 23.0 Å². The fraction of sp³-hybridized carbons (Fsp3) is 0.421. The molecule has 0 aromatic rings. The average molecular weight is 345 g/mol. The number of piperidine rings is 1. The first-order valence-electron chi connectivity index (χ1n) is 8.26. The van der Waals surface area contributed by atoms with Gasteiger partial charge in [-0.1, -0.05) is 24.3 Å². The summed E-state index contributed by atoms with van der Waals surface area (Å²) in [7, 11) is 0. The van der Waals surface area contributed by atoms with E-state index in [1.807, 2.05) is 6.42 Å². The van der Waals surface area contributed by atoms with E-state index in [1.54, 1.807) is 29.2 Å². The van der Waals surface area contributed by atoms with Gasteiger partial charge in [-0.3, -0.25) is 10.2 Å². The Balaban J connectivity index is 3.67. The van der Waals surface area contributed by atoms with Gasteiger partial charge >= 0.3 is 6.03 Å². The summed E-state index contributed by atoms with van der Waals surface area (Å²) in [5, 5.41) is 0. The summed E-state index contributed by atoms with van der Waals surface area (Å²) in [6.07, 6.45) is 11.0. The lowest BCUT2D eigenvalue weighted by Crippen LogP contribution is -2.71. The predicted molar refractivity (Wildman–Crippen MR) is 101 cm³/mol. The van der Waals surface area contributed by atoms with Crippen LogP contribution in [0.1, 0.15) is 32.1 Å². The third kappa shape index (κ3) is 3.69. The molecule has 0 saturated carbocycles. The number of carbonyl (C=O) groups is 2.